The van der Waals surface area contributed by atoms with Crippen molar-refractivity contribution < 1.29 is 4.74 Å². The van der Waals surface area contributed by atoms with Crippen LogP contribution in [0.5, 0.6) is 5.75 Å². The molecule has 5 nitrogen and oxygen atoms in total. The minimum atomic E-state index is 0.390. The molecule has 2 rings (SSSR count). The van der Waals surface area contributed by atoms with E-state index in [1.807, 2.05) is 18.2 Å². The number of hydrogen-bond acceptors (Lipinski definition) is 4. The molecule has 0 bridgehead atoms. The molecule has 2 N–H and O–H groups in total. The number of nitrogens with two attached hydrogens (primary N) is 1. The Bertz CT molecular complexity index is 439. The normalized spacial score (nSPS) is 10.3. The van der Waals surface area contributed by atoms with Crippen LogP contribution in [-0.2, 0) is 6.54 Å². The standard InChI is InChI=1S/C10H12N4O/c1-15-10-4-2-3-9(8(10)7-11)14-12-5-6-13-14/h2-6H,7,11H2,1H3. The van der Waals surface area contributed by atoms with E-state index < -0.39 is 0 Å². The van der Waals surface area contributed by atoms with Crippen molar-refractivity contribution in [3.8, 4) is 11.4 Å². The number of hydrogen-bond donors (Lipinski definition) is 1. The summed E-state index contributed by atoms with van der Waals surface area (Å²) in [5, 5.41) is 8.13. The smallest absolute Gasteiger partial charge is 0.125 e. The molecule has 0 radical (unpaired) electrons. The maximum Gasteiger partial charge on any atom is 0.125 e. The van der Waals surface area contributed by atoms with Gasteiger partial charge in [0.05, 0.1) is 25.2 Å². The summed E-state index contributed by atoms with van der Waals surface area (Å²) in [7, 11) is 1.62. The number of nitrogens with zero attached hydrogens (tertiary/aromatic N) is 3. The molecule has 1 aromatic heterocycles. The first-order chi connectivity index (χ1) is 7.36. The molecule has 0 saturated carbocycles. The van der Waals surface area contributed by atoms with Gasteiger partial charge in [-0.1, -0.05) is 6.07 Å². The fourth-order valence-corrected chi connectivity index (χ4v) is 1.48. The van der Waals surface area contributed by atoms with Crippen molar-refractivity contribution in [3.05, 3.63) is 36.2 Å². The van der Waals surface area contributed by atoms with Crippen LogP contribution < -0.4 is 10.5 Å². The molecule has 1 heterocycles. The molecule has 2 aromatic rings. The molecule has 5 heteroatoms. The van der Waals surface area contributed by atoms with Crippen LogP contribution in [0.25, 0.3) is 5.69 Å². The van der Waals surface area contributed by atoms with E-state index in [9.17, 15) is 0 Å². The zero-order valence-corrected chi connectivity index (χ0v) is 8.42. The molecule has 0 amide bonds. The molecule has 78 valence electrons. The number of rotatable bonds is 3. The van der Waals surface area contributed by atoms with Crippen LogP contribution in [0.15, 0.2) is 30.6 Å². The van der Waals surface area contributed by atoms with E-state index in [1.54, 1.807) is 19.5 Å². The van der Waals surface area contributed by atoms with Crippen LogP contribution in [0.2, 0.25) is 0 Å². The molecule has 0 saturated heterocycles. The lowest BCUT2D eigenvalue weighted by atomic mass is 10.1. The Morgan fingerprint density at radius 3 is 2.67 bits per heavy atom. The van der Waals surface area contributed by atoms with Gasteiger partial charge in [-0.3, -0.25) is 0 Å². The second-order valence-corrected chi connectivity index (χ2v) is 2.98. The Labute approximate surface area is 87.5 Å². The molecular weight excluding hydrogens is 192 g/mol. The molecule has 0 atom stereocenters. The molecular formula is C10H12N4O. The first kappa shape index (κ1) is 9.67. The maximum absolute atomic E-state index is 5.68. The van der Waals surface area contributed by atoms with Crippen LogP contribution in [0.1, 0.15) is 5.56 Å². The van der Waals surface area contributed by atoms with Crippen LogP contribution in [-0.4, -0.2) is 22.1 Å². The largest absolute Gasteiger partial charge is 0.496 e. The summed E-state index contributed by atoms with van der Waals surface area (Å²) in [5.41, 5.74) is 7.43. The van der Waals surface area contributed by atoms with Crippen molar-refractivity contribution in [2.24, 2.45) is 5.73 Å². The van der Waals surface area contributed by atoms with E-state index >= 15 is 0 Å². The monoisotopic (exact) mass is 204 g/mol. The molecule has 0 unspecified atom stereocenters. The fourth-order valence-electron chi connectivity index (χ4n) is 1.48. The van der Waals surface area contributed by atoms with E-state index in [2.05, 4.69) is 10.2 Å². The van der Waals surface area contributed by atoms with Gasteiger partial charge in [0, 0.05) is 12.1 Å². The van der Waals surface area contributed by atoms with E-state index in [0.717, 1.165) is 17.0 Å². The van der Waals surface area contributed by atoms with Crippen molar-refractivity contribution >= 4 is 0 Å². The molecule has 0 fully saturated rings. The lowest BCUT2D eigenvalue weighted by Crippen LogP contribution is -2.08. The van der Waals surface area contributed by atoms with Crippen molar-refractivity contribution in [1.82, 2.24) is 15.0 Å². The minimum absolute atomic E-state index is 0.390. The van der Waals surface area contributed by atoms with Crippen LogP contribution in [0.4, 0.5) is 0 Å². The third kappa shape index (κ3) is 1.69. The number of benzene rings is 1. The SMILES string of the molecule is COc1cccc(-n2nccn2)c1CN. The molecule has 0 aliphatic heterocycles. The van der Waals surface area contributed by atoms with Crippen molar-refractivity contribution in [2.75, 3.05) is 7.11 Å². The highest BCUT2D eigenvalue weighted by Gasteiger charge is 2.09. The van der Waals surface area contributed by atoms with Gasteiger partial charge in [0.2, 0.25) is 0 Å². The summed E-state index contributed by atoms with van der Waals surface area (Å²) in [6, 6.07) is 5.66. The summed E-state index contributed by atoms with van der Waals surface area (Å²) in [6.45, 7) is 0.390. The summed E-state index contributed by atoms with van der Waals surface area (Å²) in [6.07, 6.45) is 3.25. The van der Waals surface area contributed by atoms with Gasteiger partial charge >= 0.3 is 0 Å². The van der Waals surface area contributed by atoms with Crippen molar-refractivity contribution in [3.63, 3.8) is 0 Å². The van der Waals surface area contributed by atoms with Gasteiger partial charge in [0.25, 0.3) is 0 Å². The van der Waals surface area contributed by atoms with E-state index in [-0.39, 0.29) is 0 Å². The Morgan fingerprint density at radius 1 is 1.33 bits per heavy atom. The second-order valence-electron chi connectivity index (χ2n) is 2.98. The van der Waals surface area contributed by atoms with Gasteiger partial charge in [-0.2, -0.15) is 15.0 Å². The van der Waals surface area contributed by atoms with Gasteiger partial charge in [-0.25, -0.2) is 0 Å². The highest BCUT2D eigenvalue weighted by atomic mass is 16.5. The fraction of sp³-hybridized carbons (Fsp3) is 0.200. The van der Waals surface area contributed by atoms with Gasteiger partial charge < -0.3 is 10.5 Å². The average Bonchev–Trinajstić information content (AvgIpc) is 2.81. The lowest BCUT2D eigenvalue weighted by Gasteiger charge is -2.10. The quantitative estimate of drug-likeness (QED) is 0.800. The Kier molecular flexibility index (Phi) is 2.64. The third-order valence-electron chi connectivity index (χ3n) is 2.17. The van der Waals surface area contributed by atoms with E-state index in [0.29, 0.717) is 6.54 Å². The molecule has 1 aromatic carbocycles. The number of ether oxygens (including phenoxy) is 1. The molecule has 15 heavy (non-hydrogen) atoms. The summed E-state index contributed by atoms with van der Waals surface area (Å²) < 4.78 is 5.23. The predicted molar refractivity (Wildman–Crippen MR) is 55.8 cm³/mol. The van der Waals surface area contributed by atoms with Gasteiger partial charge in [-0.15, -0.1) is 0 Å². The summed E-state index contributed by atoms with van der Waals surface area (Å²) >= 11 is 0. The first-order valence-electron chi connectivity index (χ1n) is 4.59. The number of methoxy groups -OCH3 is 1. The van der Waals surface area contributed by atoms with Crippen molar-refractivity contribution in [1.29, 1.82) is 0 Å². The Hall–Kier alpha value is -1.88. The molecule has 0 spiro atoms. The zero-order valence-electron chi connectivity index (χ0n) is 8.42. The average molecular weight is 204 g/mol. The first-order valence-corrected chi connectivity index (χ1v) is 4.59. The summed E-state index contributed by atoms with van der Waals surface area (Å²) in [5.74, 6) is 0.757. The van der Waals surface area contributed by atoms with E-state index in [1.165, 1.54) is 4.80 Å². The molecule has 0 aliphatic rings. The van der Waals surface area contributed by atoms with Crippen LogP contribution >= 0.6 is 0 Å². The highest BCUT2D eigenvalue weighted by molar-refractivity contribution is 5.48. The van der Waals surface area contributed by atoms with Crippen molar-refractivity contribution in [2.45, 2.75) is 6.54 Å². The number of aromatic nitrogens is 3. The van der Waals surface area contributed by atoms with E-state index in [4.69, 9.17) is 10.5 Å². The minimum Gasteiger partial charge on any atom is -0.496 e. The third-order valence-corrected chi connectivity index (χ3v) is 2.17. The second kappa shape index (κ2) is 4.10. The molecule has 0 aliphatic carbocycles. The van der Waals surface area contributed by atoms with Crippen LogP contribution in [0, 0.1) is 0 Å². The highest BCUT2D eigenvalue weighted by Crippen LogP contribution is 2.23. The van der Waals surface area contributed by atoms with Gasteiger partial charge in [-0.05, 0) is 12.1 Å². The topological polar surface area (TPSA) is 66.0 Å². The zero-order chi connectivity index (χ0) is 10.7. The summed E-state index contributed by atoms with van der Waals surface area (Å²) in [4.78, 5) is 1.53. The lowest BCUT2D eigenvalue weighted by molar-refractivity contribution is 0.409. The Balaban J connectivity index is 2.56. The van der Waals surface area contributed by atoms with Crippen LogP contribution in [0.3, 0.4) is 0 Å². The predicted octanol–water partition coefficient (Wildman–Crippen LogP) is 0.735. The van der Waals surface area contributed by atoms with Gasteiger partial charge in [0.15, 0.2) is 0 Å². The van der Waals surface area contributed by atoms with Gasteiger partial charge in [0.1, 0.15) is 5.75 Å². The Morgan fingerprint density at radius 2 is 2.07 bits per heavy atom. The maximum atomic E-state index is 5.68.